The molecule has 170 valence electrons. The van der Waals surface area contributed by atoms with Crippen LogP contribution in [-0.4, -0.2) is 47.2 Å². The van der Waals surface area contributed by atoms with Crippen molar-refractivity contribution in [2.24, 2.45) is 0 Å². The number of thioether (sulfide) groups is 1. The molecule has 0 saturated carbocycles. The lowest BCUT2D eigenvalue weighted by atomic mass is 10.2. The quantitative estimate of drug-likeness (QED) is 0.455. The minimum atomic E-state index is -3.58. The maximum absolute atomic E-state index is 12.6. The first kappa shape index (κ1) is 24.0. The Balaban J connectivity index is 1.72. The number of nitrogens with one attached hydrogen (secondary N) is 1. The molecule has 0 spiro atoms. The number of amides is 1. The summed E-state index contributed by atoms with van der Waals surface area (Å²) in [5.74, 6) is -0.178. The summed E-state index contributed by atoms with van der Waals surface area (Å²) >= 11 is 1.72. The van der Waals surface area contributed by atoms with Crippen LogP contribution in [0.25, 0.3) is 11.5 Å². The highest BCUT2D eigenvalue weighted by Crippen LogP contribution is 2.28. The molecule has 0 aliphatic heterocycles. The molecule has 0 atom stereocenters. The van der Waals surface area contributed by atoms with Crippen molar-refractivity contribution in [1.29, 1.82) is 0 Å². The Hall–Kier alpha value is -2.69. The molecule has 10 heteroatoms. The van der Waals surface area contributed by atoms with E-state index >= 15 is 0 Å². The van der Waals surface area contributed by atoms with Gasteiger partial charge >= 0.3 is 6.01 Å². The fourth-order valence-electron chi connectivity index (χ4n) is 3.03. The number of sulfonamides is 1. The van der Waals surface area contributed by atoms with Crippen molar-refractivity contribution < 1.29 is 17.6 Å². The maximum atomic E-state index is 12.6. The highest BCUT2D eigenvalue weighted by Gasteiger charge is 2.22. The minimum absolute atomic E-state index is 0.0354. The van der Waals surface area contributed by atoms with Gasteiger partial charge in [0, 0.05) is 34.4 Å². The summed E-state index contributed by atoms with van der Waals surface area (Å²) in [4.78, 5) is 13.8. The van der Waals surface area contributed by atoms with Gasteiger partial charge in [0.15, 0.2) is 0 Å². The molecule has 8 nitrogen and oxygen atoms in total. The van der Waals surface area contributed by atoms with E-state index in [-0.39, 0.29) is 16.5 Å². The summed E-state index contributed by atoms with van der Waals surface area (Å²) in [6.45, 7) is 8.54. The van der Waals surface area contributed by atoms with E-state index in [1.165, 1.54) is 28.6 Å². The topological polar surface area (TPSA) is 105 Å². The van der Waals surface area contributed by atoms with Crippen molar-refractivity contribution in [2.75, 3.05) is 18.4 Å². The van der Waals surface area contributed by atoms with E-state index in [0.29, 0.717) is 24.2 Å². The lowest BCUT2D eigenvalue weighted by Crippen LogP contribution is -2.30. The van der Waals surface area contributed by atoms with Crippen molar-refractivity contribution in [2.45, 2.75) is 42.7 Å². The Labute approximate surface area is 192 Å². The highest BCUT2D eigenvalue weighted by molar-refractivity contribution is 7.99. The van der Waals surface area contributed by atoms with Crippen molar-refractivity contribution >= 4 is 33.7 Å². The third kappa shape index (κ3) is 5.56. The number of anilines is 1. The van der Waals surface area contributed by atoms with Gasteiger partial charge in [0.1, 0.15) is 0 Å². The van der Waals surface area contributed by atoms with Crippen molar-refractivity contribution in [3.63, 3.8) is 0 Å². The first-order valence-corrected chi connectivity index (χ1v) is 12.6. The number of benzene rings is 2. The first-order valence-electron chi connectivity index (χ1n) is 10.3. The summed E-state index contributed by atoms with van der Waals surface area (Å²) in [5.41, 5.74) is 1.04. The number of rotatable bonds is 9. The lowest BCUT2D eigenvalue weighted by Gasteiger charge is -2.18. The van der Waals surface area contributed by atoms with Crippen LogP contribution >= 0.6 is 11.8 Å². The van der Waals surface area contributed by atoms with Crippen LogP contribution in [0.1, 0.15) is 38.1 Å². The number of hydrogen-bond donors (Lipinski definition) is 1. The normalized spacial score (nSPS) is 11.8. The van der Waals surface area contributed by atoms with Gasteiger partial charge in [0.2, 0.25) is 15.9 Å². The van der Waals surface area contributed by atoms with Crippen LogP contribution in [0.15, 0.2) is 62.7 Å². The highest BCUT2D eigenvalue weighted by atomic mass is 32.2. The Kier molecular flexibility index (Phi) is 7.70. The third-order valence-electron chi connectivity index (χ3n) is 4.56. The predicted molar refractivity (Wildman–Crippen MR) is 125 cm³/mol. The SMILES string of the molecule is CCN(CC)S(=O)(=O)c1ccc(C(=O)Nc2nnc(-c3cccc(SC(C)C)c3)o2)cc1. The third-order valence-corrected chi connectivity index (χ3v) is 7.62. The molecule has 1 heterocycles. The molecule has 1 N–H and O–H groups in total. The first-order chi connectivity index (χ1) is 15.2. The number of nitrogens with zero attached hydrogens (tertiary/aromatic N) is 3. The molecule has 1 amide bonds. The molecule has 3 aromatic rings. The van der Waals surface area contributed by atoms with Crippen LogP contribution in [0.2, 0.25) is 0 Å². The van der Waals surface area contributed by atoms with Crippen LogP contribution in [0.3, 0.4) is 0 Å². The number of aromatic nitrogens is 2. The molecule has 0 fully saturated rings. The van der Waals surface area contributed by atoms with Crippen molar-refractivity contribution in [3.8, 4) is 11.5 Å². The van der Waals surface area contributed by atoms with Crippen LogP contribution in [0.4, 0.5) is 6.01 Å². The molecule has 0 radical (unpaired) electrons. The fourth-order valence-corrected chi connectivity index (χ4v) is 5.38. The van der Waals surface area contributed by atoms with E-state index in [2.05, 4.69) is 29.4 Å². The van der Waals surface area contributed by atoms with E-state index in [0.717, 1.165) is 10.5 Å². The number of hydrogen-bond acceptors (Lipinski definition) is 7. The Morgan fingerprint density at radius 1 is 1.09 bits per heavy atom. The van der Waals surface area contributed by atoms with Gasteiger partial charge in [-0.2, -0.15) is 4.31 Å². The van der Waals surface area contributed by atoms with Gasteiger partial charge in [0.05, 0.1) is 4.90 Å². The zero-order valence-corrected chi connectivity index (χ0v) is 20.0. The molecule has 32 heavy (non-hydrogen) atoms. The average molecular weight is 475 g/mol. The Bertz CT molecular complexity index is 1170. The molecule has 0 unspecified atom stereocenters. The van der Waals surface area contributed by atoms with Crippen molar-refractivity contribution in [3.05, 3.63) is 54.1 Å². The molecule has 2 aromatic carbocycles. The summed E-state index contributed by atoms with van der Waals surface area (Å²) in [6, 6.07) is 13.4. The van der Waals surface area contributed by atoms with Gasteiger partial charge in [-0.05, 0) is 42.5 Å². The second-order valence-electron chi connectivity index (χ2n) is 7.17. The Morgan fingerprint density at radius 3 is 2.41 bits per heavy atom. The van der Waals surface area contributed by atoms with E-state index < -0.39 is 15.9 Å². The number of carbonyl (C=O) groups is 1. The molecule has 1 aromatic heterocycles. The van der Waals surface area contributed by atoms with Gasteiger partial charge in [-0.3, -0.25) is 10.1 Å². The average Bonchev–Trinajstić information content (AvgIpc) is 3.23. The molecule has 0 aliphatic rings. The van der Waals surface area contributed by atoms with Gasteiger partial charge in [0.25, 0.3) is 5.91 Å². The summed E-state index contributed by atoms with van der Waals surface area (Å²) in [6.07, 6.45) is 0. The summed E-state index contributed by atoms with van der Waals surface area (Å²) < 4.78 is 32.1. The zero-order chi connectivity index (χ0) is 23.3. The number of carbonyl (C=O) groups excluding carboxylic acids is 1. The second-order valence-corrected chi connectivity index (χ2v) is 10.8. The smallest absolute Gasteiger partial charge is 0.322 e. The van der Waals surface area contributed by atoms with E-state index in [1.54, 1.807) is 25.6 Å². The lowest BCUT2D eigenvalue weighted by molar-refractivity contribution is 0.102. The van der Waals surface area contributed by atoms with E-state index in [4.69, 9.17) is 4.42 Å². The van der Waals surface area contributed by atoms with Crippen LogP contribution in [0.5, 0.6) is 0 Å². The van der Waals surface area contributed by atoms with Crippen LogP contribution in [-0.2, 0) is 10.0 Å². The molecule has 0 saturated heterocycles. The standard InChI is InChI=1S/C22H26N4O4S2/c1-5-26(6-2)32(28,29)19-12-10-16(11-13-19)20(27)23-22-25-24-21(30-22)17-8-7-9-18(14-17)31-15(3)4/h7-15H,5-6H2,1-4H3,(H,23,25,27). The van der Waals surface area contributed by atoms with Crippen molar-refractivity contribution in [1.82, 2.24) is 14.5 Å². The summed E-state index contributed by atoms with van der Waals surface area (Å²) in [7, 11) is -3.58. The Morgan fingerprint density at radius 2 is 1.78 bits per heavy atom. The van der Waals surface area contributed by atoms with Gasteiger partial charge in [-0.25, -0.2) is 8.42 Å². The minimum Gasteiger partial charge on any atom is -0.403 e. The molecular formula is C22H26N4O4S2. The summed E-state index contributed by atoms with van der Waals surface area (Å²) in [5, 5.41) is 10.9. The monoisotopic (exact) mass is 474 g/mol. The largest absolute Gasteiger partial charge is 0.403 e. The zero-order valence-electron chi connectivity index (χ0n) is 18.4. The predicted octanol–water partition coefficient (Wildman–Crippen LogP) is 4.52. The van der Waals surface area contributed by atoms with Crippen LogP contribution < -0.4 is 5.32 Å². The van der Waals surface area contributed by atoms with Crippen LogP contribution in [0, 0.1) is 0 Å². The van der Waals surface area contributed by atoms with Gasteiger partial charge in [-0.15, -0.1) is 16.9 Å². The maximum Gasteiger partial charge on any atom is 0.322 e. The van der Waals surface area contributed by atoms with E-state index in [9.17, 15) is 13.2 Å². The fraction of sp³-hybridized carbons (Fsp3) is 0.318. The van der Waals surface area contributed by atoms with Gasteiger partial charge < -0.3 is 4.42 Å². The molecular weight excluding hydrogens is 448 g/mol. The second kappa shape index (κ2) is 10.3. The van der Waals surface area contributed by atoms with E-state index in [1.807, 2.05) is 24.3 Å². The molecule has 0 bridgehead atoms. The molecule has 0 aliphatic carbocycles. The van der Waals surface area contributed by atoms with Gasteiger partial charge in [-0.1, -0.05) is 38.9 Å². The molecule has 3 rings (SSSR count).